The molecule has 1 N–H and O–H groups in total. The van der Waals surface area contributed by atoms with Gasteiger partial charge in [-0.1, -0.05) is 28.9 Å². The van der Waals surface area contributed by atoms with Gasteiger partial charge >= 0.3 is 5.97 Å². The molecule has 0 saturated carbocycles. The van der Waals surface area contributed by atoms with Crippen LogP contribution in [0.15, 0.2) is 41.2 Å². The zero-order valence-electron chi connectivity index (χ0n) is 9.54. The van der Waals surface area contributed by atoms with Crippen LogP contribution < -0.4 is 0 Å². The molecule has 0 aliphatic rings. The fraction of sp³-hybridized carbons (Fsp3) is 0.231. The average molecular weight is 266 g/mol. The lowest BCUT2D eigenvalue weighted by Gasteiger charge is -2.11. The molecule has 18 heavy (non-hydrogen) atoms. The third-order valence-corrected chi connectivity index (χ3v) is 2.92. The molecule has 1 atom stereocenters. The highest BCUT2D eigenvalue weighted by atomic mass is 35.5. The van der Waals surface area contributed by atoms with Crippen LogP contribution in [0.1, 0.15) is 11.1 Å². The van der Waals surface area contributed by atoms with Gasteiger partial charge in [0.15, 0.2) is 0 Å². The van der Waals surface area contributed by atoms with Gasteiger partial charge in [-0.05, 0) is 30.5 Å². The predicted octanol–water partition coefficient (Wildman–Crippen LogP) is 2.81. The highest BCUT2D eigenvalue weighted by molar-refractivity contribution is 6.30. The van der Waals surface area contributed by atoms with E-state index in [2.05, 4.69) is 5.16 Å². The molecule has 0 bridgehead atoms. The highest BCUT2D eigenvalue weighted by Crippen LogP contribution is 2.18. The number of carbonyl (C=O) groups is 1. The maximum Gasteiger partial charge on any atom is 0.307 e. The van der Waals surface area contributed by atoms with Crippen LogP contribution in [0, 0.1) is 5.92 Å². The van der Waals surface area contributed by atoms with Crippen LogP contribution in [-0.2, 0) is 17.6 Å². The zero-order valence-corrected chi connectivity index (χ0v) is 10.3. The first-order valence-corrected chi connectivity index (χ1v) is 5.88. The summed E-state index contributed by atoms with van der Waals surface area (Å²) in [6.45, 7) is 0. The smallest absolute Gasteiger partial charge is 0.307 e. The van der Waals surface area contributed by atoms with Crippen molar-refractivity contribution >= 4 is 17.6 Å². The maximum atomic E-state index is 11.2. The van der Waals surface area contributed by atoms with Crippen molar-refractivity contribution in [3.05, 3.63) is 52.9 Å². The highest BCUT2D eigenvalue weighted by Gasteiger charge is 2.19. The molecule has 1 aromatic carbocycles. The Morgan fingerprint density at radius 1 is 1.39 bits per heavy atom. The molecular weight excluding hydrogens is 254 g/mol. The van der Waals surface area contributed by atoms with E-state index < -0.39 is 11.9 Å². The number of hydrogen-bond acceptors (Lipinski definition) is 3. The molecular formula is C13H12ClNO3. The van der Waals surface area contributed by atoms with Gasteiger partial charge in [0.25, 0.3) is 0 Å². The minimum atomic E-state index is -0.837. The first kappa shape index (κ1) is 12.6. The molecule has 0 radical (unpaired) electrons. The molecule has 1 unspecified atom stereocenters. The van der Waals surface area contributed by atoms with Crippen LogP contribution in [0.3, 0.4) is 0 Å². The normalized spacial score (nSPS) is 12.3. The van der Waals surface area contributed by atoms with Crippen molar-refractivity contribution in [2.75, 3.05) is 0 Å². The van der Waals surface area contributed by atoms with E-state index in [1.54, 1.807) is 12.1 Å². The molecule has 4 nitrogen and oxygen atoms in total. The van der Waals surface area contributed by atoms with Gasteiger partial charge in [-0.25, -0.2) is 0 Å². The summed E-state index contributed by atoms with van der Waals surface area (Å²) in [5.74, 6) is -1.35. The van der Waals surface area contributed by atoms with Crippen molar-refractivity contribution in [1.29, 1.82) is 0 Å². The molecule has 1 aromatic heterocycles. The predicted molar refractivity (Wildman–Crippen MR) is 66.5 cm³/mol. The number of hydrogen-bond donors (Lipinski definition) is 1. The van der Waals surface area contributed by atoms with Crippen molar-refractivity contribution in [1.82, 2.24) is 5.16 Å². The van der Waals surface area contributed by atoms with Crippen molar-refractivity contribution < 1.29 is 14.4 Å². The fourth-order valence-corrected chi connectivity index (χ4v) is 2.02. The van der Waals surface area contributed by atoms with Crippen LogP contribution in [0.25, 0.3) is 0 Å². The van der Waals surface area contributed by atoms with Crippen LogP contribution in [0.5, 0.6) is 0 Å². The number of rotatable bonds is 5. The zero-order chi connectivity index (χ0) is 13.0. The molecule has 1 heterocycles. The van der Waals surface area contributed by atoms with E-state index in [1.807, 2.05) is 12.1 Å². The number of carboxylic acids is 1. The van der Waals surface area contributed by atoms with Crippen LogP contribution in [-0.4, -0.2) is 16.2 Å². The lowest BCUT2D eigenvalue weighted by atomic mass is 9.94. The van der Waals surface area contributed by atoms with E-state index in [0.717, 1.165) is 11.1 Å². The van der Waals surface area contributed by atoms with Gasteiger partial charge in [-0.2, -0.15) is 0 Å². The average Bonchev–Trinajstić information content (AvgIpc) is 2.81. The summed E-state index contributed by atoms with van der Waals surface area (Å²) >= 11 is 5.88. The van der Waals surface area contributed by atoms with Gasteiger partial charge in [0.2, 0.25) is 0 Å². The second-order valence-corrected chi connectivity index (χ2v) is 4.54. The van der Waals surface area contributed by atoms with E-state index in [4.69, 9.17) is 16.1 Å². The van der Waals surface area contributed by atoms with Gasteiger partial charge in [0, 0.05) is 10.6 Å². The summed E-state index contributed by atoms with van der Waals surface area (Å²) in [5.41, 5.74) is 1.69. The third-order valence-electron chi connectivity index (χ3n) is 2.69. The summed E-state index contributed by atoms with van der Waals surface area (Å²) in [6, 6.07) is 7.23. The molecule has 0 aliphatic heterocycles. The lowest BCUT2D eigenvalue weighted by Crippen LogP contribution is -2.18. The summed E-state index contributed by atoms with van der Waals surface area (Å²) in [4.78, 5) is 11.2. The van der Waals surface area contributed by atoms with Crippen LogP contribution in [0.4, 0.5) is 0 Å². The topological polar surface area (TPSA) is 63.3 Å². The van der Waals surface area contributed by atoms with Crippen LogP contribution in [0.2, 0.25) is 5.02 Å². The standard InChI is InChI=1S/C13H12ClNO3/c14-12-3-1-2-9(6-12)4-11(13(16)17)5-10-7-15-18-8-10/h1-3,6-8,11H,4-5H2,(H,16,17). The van der Waals surface area contributed by atoms with Gasteiger partial charge in [0.1, 0.15) is 6.26 Å². The Hall–Kier alpha value is -1.81. The van der Waals surface area contributed by atoms with E-state index in [-0.39, 0.29) is 0 Å². The van der Waals surface area contributed by atoms with Crippen molar-refractivity contribution in [2.24, 2.45) is 5.92 Å². The number of nitrogens with zero attached hydrogens (tertiary/aromatic N) is 1. The van der Waals surface area contributed by atoms with Gasteiger partial charge in [-0.15, -0.1) is 0 Å². The first-order chi connectivity index (χ1) is 8.65. The second-order valence-electron chi connectivity index (χ2n) is 4.11. The summed E-state index contributed by atoms with van der Waals surface area (Å²) < 4.78 is 4.70. The molecule has 0 saturated heterocycles. The molecule has 0 aliphatic carbocycles. The fourth-order valence-electron chi connectivity index (χ4n) is 1.81. The quantitative estimate of drug-likeness (QED) is 0.903. The Kier molecular flexibility index (Phi) is 3.99. The maximum absolute atomic E-state index is 11.2. The monoisotopic (exact) mass is 265 g/mol. The van der Waals surface area contributed by atoms with Crippen molar-refractivity contribution in [3.8, 4) is 0 Å². The van der Waals surface area contributed by atoms with E-state index in [9.17, 15) is 9.90 Å². The SMILES string of the molecule is O=C(O)C(Cc1cnoc1)Cc1cccc(Cl)c1. The molecule has 0 amide bonds. The minimum Gasteiger partial charge on any atom is -0.481 e. The van der Waals surface area contributed by atoms with Crippen molar-refractivity contribution in [2.45, 2.75) is 12.8 Å². The molecule has 5 heteroatoms. The number of halogens is 1. The summed E-state index contributed by atoms with van der Waals surface area (Å²) in [7, 11) is 0. The minimum absolute atomic E-state index is 0.394. The number of carboxylic acid groups (broad SMARTS) is 1. The van der Waals surface area contributed by atoms with Gasteiger partial charge in [0.05, 0.1) is 12.1 Å². The van der Waals surface area contributed by atoms with Gasteiger partial charge in [-0.3, -0.25) is 4.79 Å². The Morgan fingerprint density at radius 2 is 2.17 bits per heavy atom. The number of aromatic nitrogens is 1. The van der Waals surface area contributed by atoms with Gasteiger partial charge < -0.3 is 9.63 Å². The van der Waals surface area contributed by atoms with E-state index >= 15 is 0 Å². The number of benzene rings is 1. The molecule has 2 rings (SSSR count). The van der Waals surface area contributed by atoms with Crippen molar-refractivity contribution in [3.63, 3.8) is 0 Å². The summed E-state index contributed by atoms with van der Waals surface area (Å²) in [6.07, 6.45) is 3.83. The molecule has 2 aromatic rings. The molecule has 94 valence electrons. The largest absolute Gasteiger partial charge is 0.481 e. The first-order valence-electron chi connectivity index (χ1n) is 5.50. The molecule has 0 spiro atoms. The van der Waals surface area contributed by atoms with E-state index in [0.29, 0.717) is 17.9 Å². The van der Waals surface area contributed by atoms with Crippen LogP contribution >= 0.6 is 11.6 Å². The summed E-state index contributed by atoms with van der Waals surface area (Å²) in [5, 5.41) is 13.4. The second kappa shape index (κ2) is 5.69. The Balaban J connectivity index is 2.09. The lowest BCUT2D eigenvalue weighted by molar-refractivity contribution is -0.141. The van der Waals surface area contributed by atoms with E-state index in [1.165, 1.54) is 12.5 Å². The number of aliphatic carboxylic acids is 1. The Labute approximate surface area is 109 Å². The third kappa shape index (κ3) is 3.34. The Bertz CT molecular complexity index is 525. The Morgan fingerprint density at radius 3 is 2.78 bits per heavy atom. The molecule has 0 fully saturated rings.